The first kappa shape index (κ1) is 28.8. The number of amides is 1. The Morgan fingerprint density at radius 2 is 1.86 bits per heavy atom. The quantitative estimate of drug-likeness (QED) is 0.291. The minimum Gasteiger partial charge on any atom is -0.387 e. The molecule has 3 heterocycles. The second kappa shape index (κ2) is 12.2. The fourth-order valence-corrected chi connectivity index (χ4v) is 5.28. The molecule has 0 bridgehead atoms. The molecule has 7 heteroatoms. The zero-order valence-corrected chi connectivity index (χ0v) is 23.0. The summed E-state index contributed by atoms with van der Waals surface area (Å²) in [6, 6.07) is 0.0513. The first-order chi connectivity index (χ1) is 16.9. The molecule has 3 aliphatic heterocycles. The van der Waals surface area contributed by atoms with Gasteiger partial charge in [0.2, 0.25) is 5.91 Å². The minimum absolute atomic E-state index is 0.0201. The topological polar surface area (TPSA) is 88.6 Å². The number of hydrogen-bond donors (Lipinski definition) is 1. The van der Waals surface area contributed by atoms with E-state index in [1.165, 1.54) is 0 Å². The highest BCUT2D eigenvalue weighted by molar-refractivity contribution is 5.87. The van der Waals surface area contributed by atoms with Crippen LogP contribution in [0, 0.1) is 11.8 Å². The summed E-state index contributed by atoms with van der Waals surface area (Å²) in [5.41, 5.74) is 0.490. The Kier molecular flexibility index (Phi) is 9.72. The van der Waals surface area contributed by atoms with Crippen molar-refractivity contribution in [3.05, 3.63) is 36.0 Å². The highest BCUT2D eigenvalue weighted by Gasteiger charge is 2.58. The van der Waals surface area contributed by atoms with Crippen LogP contribution in [-0.4, -0.2) is 77.5 Å². The molecule has 0 radical (unpaired) electrons. The van der Waals surface area contributed by atoms with Crippen molar-refractivity contribution in [2.45, 2.75) is 109 Å². The van der Waals surface area contributed by atoms with Gasteiger partial charge in [-0.05, 0) is 51.5 Å². The predicted octanol–water partition coefficient (Wildman–Crippen LogP) is 4.00. The van der Waals surface area contributed by atoms with Crippen LogP contribution in [0.25, 0.3) is 0 Å². The van der Waals surface area contributed by atoms with E-state index in [4.69, 9.17) is 14.2 Å². The summed E-state index contributed by atoms with van der Waals surface area (Å²) in [5.74, 6) is 0.748. The number of hydrogen-bond acceptors (Lipinski definition) is 6. The smallest absolute Gasteiger partial charge is 0.246 e. The van der Waals surface area contributed by atoms with Crippen molar-refractivity contribution >= 4 is 11.7 Å². The van der Waals surface area contributed by atoms with Gasteiger partial charge in [-0.25, -0.2) is 0 Å². The number of nitrogens with zero attached hydrogens (tertiary/aromatic N) is 1. The molecule has 1 amide bonds. The maximum absolute atomic E-state index is 12.6. The lowest BCUT2D eigenvalue weighted by Gasteiger charge is -2.42. The molecule has 0 aromatic carbocycles. The fraction of sp³-hybridized carbons (Fsp3) is 0.724. The van der Waals surface area contributed by atoms with Gasteiger partial charge in [0.05, 0.1) is 31.0 Å². The predicted molar refractivity (Wildman–Crippen MR) is 139 cm³/mol. The second-order valence-electron chi connectivity index (χ2n) is 11.4. The number of likely N-dealkylation sites (N-methyl/N-ethyl adjacent to an activating group) is 1. The molecule has 1 N–H and O–H groups in total. The number of ketones is 1. The molecule has 36 heavy (non-hydrogen) atoms. The average Bonchev–Trinajstić information content (AvgIpc) is 3.58. The zero-order chi connectivity index (χ0) is 26.6. The Morgan fingerprint density at radius 1 is 1.17 bits per heavy atom. The Balaban J connectivity index is 1.55. The summed E-state index contributed by atoms with van der Waals surface area (Å²) >= 11 is 0. The van der Waals surface area contributed by atoms with Gasteiger partial charge in [0.15, 0.2) is 0 Å². The fourth-order valence-electron chi connectivity index (χ4n) is 5.28. The van der Waals surface area contributed by atoms with Gasteiger partial charge in [0.1, 0.15) is 23.6 Å². The summed E-state index contributed by atoms with van der Waals surface area (Å²) < 4.78 is 18.0. The van der Waals surface area contributed by atoms with Crippen LogP contribution >= 0.6 is 0 Å². The van der Waals surface area contributed by atoms with Crippen LogP contribution in [0.5, 0.6) is 0 Å². The average molecular weight is 504 g/mol. The third kappa shape index (κ3) is 7.37. The number of allylic oxidation sites excluding steroid dienone is 3. The van der Waals surface area contributed by atoms with E-state index in [2.05, 4.69) is 26.8 Å². The van der Waals surface area contributed by atoms with Crippen LogP contribution in [0.3, 0.4) is 0 Å². The van der Waals surface area contributed by atoms with Crippen LogP contribution in [-0.2, 0) is 23.8 Å². The Bertz CT molecular complexity index is 873. The molecule has 0 saturated carbocycles. The largest absolute Gasteiger partial charge is 0.387 e. The molecule has 8 atom stereocenters. The molecule has 3 rings (SSSR count). The Labute approximate surface area is 216 Å². The van der Waals surface area contributed by atoms with E-state index < -0.39 is 17.8 Å². The highest BCUT2D eigenvalue weighted by atomic mass is 16.6. The minimum atomic E-state index is -0.737. The van der Waals surface area contributed by atoms with Crippen molar-refractivity contribution in [1.82, 2.24) is 4.90 Å². The standard InChI is InChI=1S/C29H45NO6/c1-18(2)8-13-27(32)30(7)24-14-20(4)25(35-22(24)6)11-9-19(3)10-12-26-28(33)29(17-34-29)16-23(36-26)15-21(5)31/h8-10,12-13,18,20,22-26,28,33H,11,14-17H2,1-7H3/b12-10+,13-8-,19-9+/t20-,22+,23+,24+,25-,26+,28+,29+/m0/s1. The lowest BCUT2D eigenvalue weighted by Crippen LogP contribution is -2.51. The first-order valence-electron chi connectivity index (χ1n) is 13.3. The highest BCUT2D eigenvalue weighted by Crippen LogP contribution is 2.43. The number of carbonyl (C=O) groups excluding carboxylic acids is 2. The van der Waals surface area contributed by atoms with Crippen molar-refractivity contribution in [1.29, 1.82) is 0 Å². The van der Waals surface area contributed by atoms with Crippen molar-refractivity contribution in [3.8, 4) is 0 Å². The second-order valence-corrected chi connectivity index (χ2v) is 11.4. The molecule has 3 fully saturated rings. The molecule has 7 nitrogen and oxygen atoms in total. The van der Waals surface area contributed by atoms with Crippen LogP contribution in [0.1, 0.15) is 67.2 Å². The maximum Gasteiger partial charge on any atom is 0.246 e. The lowest BCUT2D eigenvalue weighted by molar-refractivity contribution is -0.143. The lowest BCUT2D eigenvalue weighted by atomic mass is 9.86. The van der Waals surface area contributed by atoms with Gasteiger partial charge in [-0.15, -0.1) is 0 Å². The molecular weight excluding hydrogens is 458 g/mol. The molecule has 0 aliphatic carbocycles. The van der Waals surface area contributed by atoms with E-state index in [0.29, 0.717) is 31.3 Å². The van der Waals surface area contributed by atoms with Crippen molar-refractivity contribution < 1.29 is 28.9 Å². The summed E-state index contributed by atoms with van der Waals surface area (Å²) in [7, 11) is 1.86. The van der Waals surface area contributed by atoms with Gasteiger partial charge >= 0.3 is 0 Å². The Hall–Kier alpha value is -1.80. The van der Waals surface area contributed by atoms with Crippen molar-refractivity contribution in [3.63, 3.8) is 0 Å². The number of aliphatic hydroxyl groups excluding tert-OH is 1. The number of rotatable bonds is 9. The van der Waals surface area contributed by atoms with Gasteiger partial charge in [-0.1, -0.05) is 50.6 Å². The van der Waals surface area contributed by atoms with Gasteiger partial charge in [0.25, 0.3) is 0 Å². The van der Waals surface area contributed by atoms with E-state index in [1.54, 1.807) is 13.0 Å². The first-order valence-corrected chi connectivity index (χ1v) is 13.3. The molecule has 0 aromatic rings. The number of Topliss-reactive ketones (excluding diaryl/α,β-unsaturated/α-hetero) is 1. The summed E-state index contributed by atoms with van der Waals surface area (Å²) in [6.07, 6.45) is 10.7. The molecule has 0 aromatic heterocycles. The van der Waals surface area contributed by atoms with Crippen LogP contribution in [0.2, 0.25) is 0 Å². The van der Waals surface area contributed by atoms with Gasteiger partial charge in [-0.3, -0.25) is 9.59 Å². The molecule has 3 saturated heterocycles. The number of aliphatic hydroxyl groups is 1. The van der Waals surface area contributed by atoms with E-state index in [9.17, 15) is 14.7 Å². The van der Waals surface area contributed by atoms with E-state index in [0.717, 1.165) is 18.4 Å². The van der Waals surface area contributed by atoms with Gasteiger partial charge in [0, 0.05) is 19.9 Å². The third-order valence-electron chi connectivity index (χ3n) is 7.67. The molecule has 1 spiro atoms. The van der Waals surface area contributed by atoms with Crippen LogP contribution in [0.4, 0.5) is 0 Å². The zero-order valence-electron chi connectivity index (χ0n) is 23.0. The third-order valence-corrected chi connectivity index (χ3v) is 7.67. The number of epoxide rings is 1. The van der Waals surface area contributed by atoms with Crippen molar-refractivity contribution in [2.75, 3.05) is 13.7 Å². The van der Waals surface area contributed by atoms with Gasteiger partial charge in [-0.2, -0.15) is 0 Å². The monoisotopic (exact) mass is 503 g/mol. The number of ether oxygens (including phenoxy) is 3. The number of carbonyl (C=O) groups is 2. The normalized spacial score (nSPS) is 37.2. The van der Waals surface area contributed by atoms with Crippen LogP contribution in [0.15, 0.2) is 36.0 Å². The summed E-state index contributed by atoms with van der Waals surface area (Å²) in [4.78, 5) is 25.9. The molecule has 202 valence electrons. The van der Waals surface area contributed by atoms with E-state index >= 15 is 0 Å². The van der Waals surface area contributed by atoms with Crippen LogP contribution < -0.4 is 0 Å². The molecule has 3 aliphatic rings. The Morgan fingerprint density at radius 3 is 2.47 bits per heavy atom. The SMILES string of the molecule is CC(=O)C[C@@H]1C[C@@]2(CO2)[C@H](O)[C@@H](/C=C/C(C)=C/C[C@@H]2O[C@H](C)[C@H](N(C)C(=O)/C=C\C(C)C)C[C@@H]2C)O1. The van der Waals surface area contributed by atoms with Crippen molar-refractivity contribution in [2.24, 2.45) is 11.8 Å². The maximum atomic E-state index is 12.6. The van der Waals surface area contributed by atoms with E-state index in [1.807, 2.05) is 44.0 Å². The van der Waals surface area contributed by atoms with Gasteiger partial charge < -0.3 is 24.2 Å². The van der Waals surface area contributed by atoms with E-state index in [-0.39, 0.29) is 36.0 Å². The summed E-state index contributed by atoms with van der Waals surface area (Å²) in [5, 5.41) is 10.7. The molecular formula is C29H45NO6. The summed E-state index contributed by atoms with van der Waals surface area (Å²) in [6.45, 7) is 12.4. The molecule has 0 unspecified atom stereocenters.